The molecule has 1 unspecified atom stereocenters. The molecule has 0 saturated heterocycles. The van der Waals surface area contributed by atoms with Crippen LogP contribution in [0.1, 0.15) is 31.6 Å². The van der Waals surface area contributed by atoms with Gasteiger partial charge in [-0.2, -0.15) is 0 Å². The Morgan fingerprint density at radius 3 is 2.50 bits per heavy atom. The van der Waals surface area contributed by atoms with E-state index in [1.165, 1.54) is 0 Å². The zero-order valence-electron chi connectivity index (χ0n) is 11.1. The minimum absolute atomic E-state index is 0.198. The number of benzene rings is 1. The van der Waals surface area contributed by atoms with Gasteiger partial charge < -0.3 is 4.90 Å². The minimum atomic E-state index is 0.198. The standard InChI is InChI=1S/C14H20ClNOS/c1-4-16(5-2)14(17)10-18-11(3)12-8-6-7-9-13(12)15/h6-9,11H,4-5,10H2,1-3H3. The van der Waals surface area contributed by atoms with Crippen molar-refractivity contribution in [1.29, 1.82) is 0 Å². The number of carbonyl (C=O) groups is 1. The summed E-state index contributed by atoms with van der Waals surface area (Å²) < 4.78 is 0. The van der Waals surface area contributed by atoms with Crippen molar-refractivity contribution < 1.29 is 4.79 Å². The minimum Gasteiger partial charge on any atom is -0.343 e. The van der Waals surface area contributed by atoms with Crippen LogP contribution in [0.2, 0.25) is 5.02 Å². The lowest BCUT2D eigenvalue weighted by atomic mass is 10.2. The molecule has 0 fully saturated rings. The van der Waals surface area contributed by atoms with Gasteiger partial charge in [0.05, 0.1) is 5.75 Å². The monoisotopic (exact) mass is 285 g/mol. The van der Waals surface area contributed by atoms with Crippen LogP contribution in [0.25, 0.3) is 0 Å². The topological polar surface area (TPSA) is 20.3 Å². The van der Waals surface area contributed by atoms with Crippen LogP contribution < -0.4 is 0 Å². The van der Waals surface area contributed by atoms with Crippen molar-refractivity contribution >= 4 is 29.3 Å². The molecule has 18 heavy (non-hydrogen) atoms. The molecule has 0 bridgehead atoms. The van der Waals surface area contributed by atoms with Crippen LogP contribution in [-0.2, 0) is 4.79 Å². The second-order valence-corrected chi connectivity index (χ2v) is 5.78. The van der Waals surface area contributed by atoms with Crippen molar-refractivity contribution in [3.63, 3.8) is 0 Å². The number of halogens is 1. The van der Waals surface area contributed by atoms with E-state index >= 15 is 0 Å². The Morgan fingerprint density at radius 2 is 1.94 bits per heavy atom. The Morgan fingerprint density at radius 1 is 1.33 bits per heavy atom. The molecule has 2 nitrogen and oxygen atoms in total. The average molecular weight is 286 g/mol. The van der Waals surface area contributed by atoms with E-state index in [9.17, 15) is 4.79 Å². The van der Waals surface area contributed by atoms with Gasteiger partial charge in [-0.3, -0.25) is 4.79 Å². The smallest absolute Gasteiger partial charge is 0.232 e. The molecule has 0 spiro atoms. The first-order chi connectivity index (χ1) is 8.60. The maximum atomic E-state index is 11.9. The predicted molar refractivity (Wildman–Crippen MR) is 80.3 cm³/mol. The van der Waals surface area contributed by atoms with Crippen LogP contribution in [0.15, 0.2) is 24.3 Å². The Balaban J connectivity index is 2.54. The molecule has 100 valence electrons. The zero-order chi connectivity index (χ0) is 13.5. The van der Waals surface area contributed by atoms with Crippen molar-refractivity contribution in [2.75, 3.05) is 18.8 Å². The van der Waals surface area contributed by atoms with Gasteiger partial charge in [0.2, 0.25) is 5.91 Å². The van der Waals surface area contributed by atoms with Crippen LogP contribution in [0.4, 0.5) is 0 Å². The van der Waals surface area contributed by atoms with Crippen molar-refractivity contribution in [2.45, 2.75) is 26.0 Å². The van der Waals surface area contributed by atoms with Crippen LogP contribution in [0.3, 0.4) is 0 Å². The normalized spacial score (nSPS) is 12.2. The Bertz CT molecular complexity index is 393. The maximum Gasteiger partial charge on any atom is 0.232 e. The summed E-state index contributed by atoms with van der Waals surface area (Å²) >= 11 is 7.78. The van der Waals surface area contributed by atoms with Gasteiger partial charge in [-0.1, -0.05) is 29.8 Å². The van der Waals surface area contributed by atoms with Crippen LogP contribution in [0.5, 0.6) is 0 Å². The number of carbonyl (C=O) groups excluding carboxylic acids is 1. The second kappa shape index (κ2) is 7.70. The number of hydrogen-bond donors (Lipinski definition) is 0. The summed E-state index contributed by atoms with van der Waals surface area (Å²) in [6, 6.07) is 7.80. The van der Waals surface area contributed by atoms with Gasteiger partial charge >= 0.3 is 0 Å². The molecule has 0 aliphatic carbocycles. The van der Waals surface area contributed by atoms with E-state index in [-0.39, 0.29) is 11.2 Å². The van der Waals surface area contributed by atoms with E-state index < -0.39 is 0 Å². The number of amides is 1. The summed E-state index contributed by atoms with van der Waals surface area (Å²) in [5.74, 6) is 0.706. The lowest BCUT2D eigenvalue weighted by Gasteiger charge is -2.20. The van der Waals surface area contributed by atoms with Crippen molar-refractivity contribution in [1.82, 2.24) is 4.90 Å². The van der Waals surface area contributed by atoms with Gasteiger partial charge in [0.15, 0.2) is 0 Å². The lowest BCUT2D eigenvalue weighted by Crippen LogP contribution is -2.32. The number of hydrogen-bond acceptors (Lipinski definition) is 2. The third kappa shape index (κ3) is 4.21. The highest BCUT2D eigenvalue weighted by Gasteiger charge is 2.14. The van der Waals surface area contributed by atoms with E-state index in [1.54, 1.807) is 11.8 Å². The summed E-state index contributed by atoms with van der Waals surface area (Å²) in [6.45, 7) is 7.64. The fourth-order valence-corrected chi connectivity index (χ4v) is 3.08. The Labute approximate surface area is 119 Å². The average Bonchev–Trinajstić information content (AvgIpc) is 2.38. The van der Waals surface area contributed by atoms with E-state index in [0.29, 0.717) is 5.75 Å². The highest BCUT2D eigenvalue weighted by Crippen LogP contribution is 2.32. The van der Waals surface area contributed by atoms with E-state index in [1.807, 2.05) is 43.0 Å². The first-order valence-electron chi connectivity index (χ1n) is 6.23. The molecule has 1 amide bonds. The van der Waals surface area contributed by atoms with Crippen LogP contribution in [0, 0.1) is 0 Å². The van der Waals surface area contributed by atoms with Gasteiger partial charge in [-0.05, 0) is 32.4 Å². The third-order valence-electron chi connectivity index (χ3n) is 2.92. The van der Waals surface area contributed by atoms with E-state index in [4.69, 9.17) is 11.6 Å². The predicted octanol–water partition coefficient (Wildman–Crippen LogP) is 4.00. The first kappa shape index (κ1) is 15.4. The molecule has 1 rings (SSSR count). The molecule has 0 aromatic heterocycles. The zero-order valence-corrected chi connectivity index (χ0v) is 12.7. The van der Waals surface area contributed by atoms with Crippen LogP contribution in [-0.4, -0.2) is 29.6 Å². The SMILES string of the molecule is CCN(CC)C(=O)CSC(C)c1ccccc1Cl. The molecular weight excluding hydrogens is 266 g/mol. The van der Waals surface area contributed by atoms with E-state index in [0.717, 1.165) is 23.7 Å². The molecule has 0 N–H and O–H groups in total. The molecule has 4 heteroatoms. The van der Waals surface area contributed by atoms with E-state index in [2.05, 4.69) is 6.92 Å². The molecule has 1 atom stereocenters. The molecule has 0 heterocycles. The van der Waals surface area contributed by atoms with Crippen molar-refractivity contribution in [2.24, 2.45) is 0 Å². The number of rotatable bonds is 6. The second-order valence-electron chi connectivity index (χ2n) is 4.04. The summed E-state index contributed by atoms with van der Waals surface area (Å²) in [5, 5.41) is 1.01. The maximum absolute atomic E-state index is 11.9. The molecule has 0 saturated carbocycles. The summed E-state index contributed by atoms with van der Waals surface area (Å²) in [4.78, 5) is 13.8. The number of nitrogens with zero attached hydrogens (tertiary/aromatic N) is 1. The lowest BCUT2D eigenvalue weighted by molar-refractivity contribution is -0.127. The fraction of sp³-hybridized carbons (Fsp3) is 0.500. The quantitative estimate of drug-likeness (QED) is 0.787. The molecule has 0 aliphatic rings. The fourth-order valence-electron chi connectivity index (χ4n) is 1.76. The van der Waals surface area contributed by atoms with Crippen molar-refractivity contribution in [3.05, 3.63) is 34.9 Å². The van der Waals surface area contributed by atoms with Gasteiger partial charge in [-0.25, -0.2) is 0 Å². The molecule has 1 aromatic carbocycles. The number of thioether (sulfide) groups is 1. The molecule has 0 radical (unpaired) electrons. The third-order valence-corrected chi connectivity index (χ3v) is 4.43. The van der Waals surface area contributed by atoms with Gasteiger partial charge in [0, 0.05) is 23.4 Å². The Hall–Kier alpha value is -0.670. The largest absolute Gasteiger partial charge is 0.343 e. The molecular formula is C14H20ClNOS. The Kier molecular flexibility index (Phi) is 6.58. The summed E-state index contributed by atoms with van der Waals surface area (Å²) in [7, 11) is 0. The highest BCUT2D eigenvalue weighted by molar-refractivity contribution is 8.00. The van der Waals surface area contributed by atoms with Gasteiger partial charge in [0.1, 0.15) is 0 Å². The highest BCUT2D eigenvalue weighted by atomic mass is 35.5. The van der Waals surface area contributed by atoms with Crippen LogP contribution >= 0.6 is 23.4 Å². The van der Waals surface area contributed by atoms with Crippen molar-refractivity contribution in [3.8, 4) is 0 Å². The van der Waals surface area contributed by atoms with Gasteiger partial charge in [-0.15, -0.1) is 11.8 Å². The van der Waals surface area contributed by atoms with Gasteiger partial charge in [0.25, 0.3) is 0 Å². The summed E-state index contributed by atoms with van der Waals surface area (Å²) in [5.41, 5.74) is 1.09. The molecule has 1 aromatic rings. The first-order valence-corrected chi connectivity index (χ1v) is 7.66. The molecule has 0 aliphatic heterocycles. The summed E-state index contributed by atoms with van der Waals surface area (Å²) in [6.07, 6.45) is 0.